The molecule has 1 fully saturated rings. The summed E-state index contributed by atoms with van der Waals surface area (Å²) in [6, 6.07) is 0. The molecule has 0 unspecified atom stereocenters. The lowest BCUT2D eigenvalue weighted by Gasteiger charge is -2.15. The van der Waals surface area contributed by atoms with Gasteiger partial charge in [0.1, 0.15) is 24.6 Å². The van der Waals surface area contributed by atoms with Crippen molar-refractivity contribution in [3.63, 3.8) is 0 Å². The molecule has 0 bridgehead atoms. The fourth-order valence-corrected chi connectivity index (χ4v) is 1.69. The molecule has 4 atom stereocenters. The van der Waals surface area contributed by atoms with Crippen molar-refractivity contribution in [3.8, 4) is 0 Å². The molecule has 0 aromatic carbocycles. The van der Waals surface area contributed by atoms with E-state index in [1.807, 2.05) is 0 Å². The average molecular weight is 244 g/mol. The number of nitrogens with zero attached hydrogens (tertiary/aromatic N) is 3. The Morgan fingerprint density at radius 1 is 1.53 bits per heavy atom. The summed E-state index contributed by atoms with van der Waals surface area (Å²) in [5.41, 5.74) is 5.06. The molecule has 2 heterocycles. The second kappa shape index (κ2) is 4.37. The molecule has 1 aliphatic rings. The predicted molar refractivity (Wildman–Crippen MR) is 51.5 cm³/mol. The number of primary amides is 1. The summed E-state index contributed by atoms with van der Waals surface area (Å²) in [5, 5.41) is 31.9. The largest absolute Gasteiger partial charge is 0.394 e. The number of rotatable bonds is 3. The number of hydrogen-bond acceptors (Lipinski definition) is 7. The predicted octanol–water partition coefficient (Wildman–Crippen LogP) is -3.01. The van der Waals surface area contributed by atoms with Crippen LogP contribution in [0.2, 0.25) is 0 Å². The highest BCUT2D eigenvalue weighted by Gasteiger charge is 2.44. The Morgan fingerprint density at radius 3 is 2.76 bits per heavy atom. The van der Waals surface area contributed by atoms with E-state index in [-0.39, 0.29) is 5.82 Å². The number of nitrogens with two attached hydrogens (primary N) is 1. The SMILES string of the molecule is NC(=O)c1ncnn1[C@@H]1O[C@@H](CO)[C@H](O)[C@H]1O. The molecule has 17 heavy (non-hydrogen) atoms. The normalized spacial score (nSPS) is 32.9. The number of ether oxygens (including phenoxy) is 1. The van der Waals surface area contributed by atoms with Gasteiger partial charge >= 0.3 is 0 Å². The van der Waals surface area contributed by atoms with Crippen LogP contribution >= 0.6 is 0 Å². The monoisotopic (exact) mass is 244 g/mol. The number of carbonyl (C=O) groups is 1. The molecule has 1 aromatic heterocycles. The third-order valence-electron chi connectivity index (χ3n) is 2.55. The van der Waals surface area contributed by atoms with E-state index >= 15 is 0 Å². The van der Waals surface area contributed by atoms with Gasteiger partial charge in [-0.25, -0.2) is 9.67 Å². The zero-order valence-corrected chi connectivity index (χ0v) is 8.67. The van der Waals surface area contributed by atoms with Crippen LogP contribution in [0, 0.1) is 0 Å². The van der Waals surface area contributed by atoms with Gasteiger partial charge < -0.3 is 25.8 Å². The maximum Gasteiger partial charge on any atom is 0.286 e. The molecule has 5 N–H and O–H groups in total. The highest BCUT2D eigenvalue weighted by atomic mass is 16.6. The third kappa shape index (κ3) is 1.89. The van der Waals surface area contributed by atoms with Gasteiger partial charge in [0.2, 0.25) is 5.82 Å². The van der Waals surface area contributed by atoms with Gasteiger partial charge in [-0.05, 0) is 0 Å². The molecule has 0 spiro atoms. The minimum atomic E-state index is -1.33. The molecular formula is C8H12N4O5. The number of amides is 1. The molecule has 0 saturated carbocycles. The molecular weight excluding hydrogens is 232 g/mol. The standard InChI is InChI=1S/C8H12N4O5/c9-6(16)7-10-2-11-12(7)8-5(15)4(14)3(1-13)17-8/h2-5,8,13-15H,1H2,(H2,9,16)/t3-,4-,5+,8+/m0/s1. The number of hydrogen-bond donors (Lipinski definition) is 4. The lowest BCUT2D eigenvalue weighted by Crippen LogP contribution is -2.34. The number of aliphatic hydroxyl groups excluding tert-OH is 3. The Labute approximate surface area is 95.4 Å². The van der Waals surface area contributed by atoms with Gasteiger partial charge in [0.05, 0.1) is 6.61 Å². The zero-order valence-electron chi connectivity index (χ0n) is 8.67. The zero-order chi connectivity index (χ0) is 12.6. The van der Waals surface area contributed by atoms with Gasteiger partial charge in [-0.1, -0.05) is 0 Å². The lowest BCUT2D eigenvalue weighted by molar-refractivity contribution is -0.0595. The molecule has 0 aliphatic carbocycles. The van der Waals surface area contributed by atoms with E-state index in [0.29, 0.717) is 0 Å². The van der Waals surface area contributed by atoms with Gasteiger partial charge in [0.25, 0.3) is 5.91 Å². The van der Waals surface area contributed by atoms with Crippen LogP contribution in [0.4, 0.5) is 0 Å². The fourth-order valence-electron chi connectivity index (χ4n) is 1.69. The van der Waals surface area contributed by atoms with E-state index in [4.69, 9.17) is 15.6 Å². The first-order valence-electron chi connectivity index (χ1n) is 4.88. The van der Waals surface area contributed by atoms with Crippen LogP contribution in [0.5, 0.6) is 0 Å². The first-order valence-corrected chi connectivity index (χ1v) is 4.88. The molecule has 1 saturated heterocycles. The van der Waals surface area contributed by atoms with Crippen molar-refractivity contribution in [2.45, 2.75) is 24.5 Å². The summed E-state index contributed by atoms with van der Waals surface area (Å²) in [4.78, 5) is 14.6. The maximum atomic E-state index is 11.0. The van der Waals surface area contributed by atoms with Crippen molar-refractivity contribution >= 4 is 5.91 Å². The fraction of sp³-hybridized carbons (Fsp3) is 0.625. The lowest BCUT2D eigenvalue weighted by atomic mass is 10.1. The van der Waals surface area contributed by atoms with E-state index in [9.17, 15) is 15.0 Å². The van der Waals surface area contributed by atoms with E-state index in [2.05, 4.69) is 10.1 Å². The van der Waals surface area contributed by atoms with Crippen molar-refractivity contribution < 1.29 is 24.9 Å². The topological polar surface area (TPSA) is 144 Å². The van der Waals surface area contributed by atoms with Crippen LogP contribution in [-0.4, -0.2) is 60.9 Å². The van der Waals surface area contributed by atoms with E-state index in [1.54, 1.807) is 0 Å². The van der Waals surface area contributed by atoms with Crippen LogP contribution < -0.4 is 5.73 Å². The first kappa shape index (κ1) is 11.9. The van der Waals surface area contributed by atoms with E-state index in [1.165, 1.54) is 0 Å². The average Bonchev–Trinajstić information content (AvgIpc) is 2.86. The second-order valence-corrected chi connectivity index (χ2v) is 3.62. The molecule has 9 nitrogen and oxygen atoms in total. The molecule has 9 heteroatoms. The molecule has 1 aromatic rings. The first-order chi connectivity index (χ1) is 8.06. The highest BCUT2D eigenvalue weighted by molar-refractivity contribution is 5.88. The van der Waals surface area contributed by atoms with Gasteiger partial charge in [-0.15, -0.1) is 0 Å². The Morgan fingerprint density at radius 2 is 2.24 bits per heavy atom. The number of carbonyl (C=O) groups excluding carboxylic acids is 1. The quantitative estimate of drug-likeness (QED) is 0.443. The van der Waals surface area contributed by atoms with Crippen LogP contribution in [0.3, 0.4) is 0 Å². The van der Waals surface area contributed by atoms with Crippen LogP contribution in [0.1, 0.15) is 16.8 Å². The Balaban J connectivity index is 2.29. The van der Waals surface area contributed by atoms with Crippen molar-refractivity contribution in [1.82, 2.24) is 14.8 Å². The molecule has 1 aliphatic heterocycles. The summed E-state index contributed by atoms with van der Waals surface area (Å²) in [6.07, 6.45) is -3.57. The summed E-state index contributed by atoms with van der Waals surface area (Å²) >= 11 is 0. The van der Waals surface area contributed by atoms with Crippen LogP contribution in [0.15, 0.2) is 6.33 Å². The highest BCUT2D eigenvalue weighted by Crippen LogP contribution is 2.29. The van der Waals surface area contributed by atoms with Gasteiger partial charge in [0.15, 0.2) is 6.23 Å². The van der Waals surface area contributed by atoms with Crippen molar-refractivity contribution in [1.29, 1.82) is 0 Å². The minimum absolute atomic E-state index is 0.195. The van der Waals surface area contributed by atoms with E-state index in [0.717, 1.165) is 11.0 Å². The van der Waals surface area contributed by atoms with Crippen molar-refractivity contribution in [3.05, 3.63) is 12.2 Å². The summed E-state index contributed by atoms with van der Waals surface area (Å²) < 4.78 is 6.15. The summed E-state index contributed by atoms with van der Waals surface area (Å²) in [7, 11) is 0. The number of aromatic nitrogens is 3. The molecule has 1 amide bonds. The maximum absolute atomic E-state index is 11.0. The smallest absolute Gasteiger partial charge is 0.286 e. The van der Waals surface area contributed by atoms with Gasteiger partial charge in [-0.2, -0.15) is 5.10 Å². The Kier molecular flexibility index (Phi) is 3.07. The second-order valence-electron chi connectivity index (χ2n) is 3.62. The Hall–Kier alpha value is -1.55. The third-order valence-corrected chi connectivity index (χ3v) is 2.55. The van der Waals surface area contributed by atoms with Gasteiger partial charge in [0, 0.05) is 0 Å². The number of aliphatic hydroxyl groups is 3. The van der Waals surface area contributed by atoms with Crippen LogP contribution in [0.25, 0.3) is 0 Å². The minimum Gasteiger partial charge on any atom is -0.394 e. The Bertz CT molecular complexity index is 422. The molecule has 94 valence electrons. The van der Waals surface area contributed by atoms with Crippen molar-refractivity contribution in [2.75, 3.05) is 6.61 Å². The molecule has 2 rings (SSSR count). The van der Waals surface area contributed by atoms with E-state index < -0.39 is 37.1 Å². The summed E-state index contributed by atoms with van der Waals surface area (Å²) in [6.45, 7) is -0.463. The summed E-state index contributed by atoms with van der Waals surface area (Å²) in [5.74, 6) is -1.03. The molecule has 0 radical (unpaired) electrons. The van der Waals surface area contributed by atoms with Crippen LogP contribution in [-0.2, 0) is 4.74 Å². The van der Waals surface area contributed by atoms with Gasteiger partial charge in [-0.3, -0.25) is 4.79 Å². The van der Waals surface area contributed by atoms with Crippen molar-refractivity contribution in [2.24, 2.45) is 5.73 Å².